The van der Waals surface area contributed by atoms with Gasteiger partial charge in [-0.2, -0.15) is 0 Å². The average molecular weight is 325 g/mol. The smallest absolute Gasteiger partial charge is 0.0467 e. The van der Waals surface area contributed by atoms with Gasteiger partial charge in [0.25, 0.3) is 0 Å². The third-order valence-corrected chi connectivity index (χ3v) is 3.93. The Morgan fingerprint density at radius 2 is 1.78 bits per heavy atom. The molecule has 0 N–H and O–H groups in total. The number of anilines is 2. The molecule has 0 saturated heterocycles. The van der Waals surface area contributed by atoms with Crippen molar-refractivity contribution in [3.63, 3.8) is 0 Å². The maximum absolute atomic E-state index is 6.23. The Kier molecular flexibility index (Phi) is 4.31. The Labute approximate surface area is 122 Å². The maximum atomic E-state index is 6.23. The highest BCUT2D eigenvalue weighted by atomic mass is 79.9. The van der Waals surface area contributed by atoms with Crippen LogP contribution in [0.4, 0.5) is 11.4 Å². The zero-order chi connectivity index (χ0) is 13.1. The van der Waals surface area contributed by atoms with Crippen LogP contribution in [-0.2, 0) is 5.33 Å². The molecular formula is C15H15BrClN. The van der Waals surface area contributed by atoms with Gasteiger partial charge in [-0.25, -0.2) is 0 Å². The van der Waals surface area contributed by atoms with E-state index < -0.39 is 0 Å². The number of alkyl halides is 1. The number of hydrogen-bond acceptors (Lipinski definition) is 1. The molecule has 18 heavy (non-hydrogen) atoms. The Morgan fingerprint density at radius 1 is 1.11 bits per heavy atom. The molecule has 0 atom stereocenters. The number of hydrogen-bond donors (Lipinski definition) is 0. The molecule has 2 aromatic rings. The molecule has 0 amide bonds. The second-order valence-electron chi connectivity index (χ2n) is 4.27. The summed E-state index contributed by atoms with van der Waals surface area (Å²) in [6.45, 7) is 2.09. The predicted octanol–water partition coefficient (Wildman–Crippen LogP) is 5.31. The third-order valence-electron chi connectivity index (χ3n) is 3.01. The van der Waals surface area contributed by atoms with Crippen LogP contribution in [0.5, 0.6) is 0 Å². The molecule has 94 valence electrons. The minimum Gasteiger partial charge on any atom is -0.344 e. The zero-order valence-electron chi connectivity index (χ0n) is 10.5. The first-order valence-electron chi connectivity index (χ1n) is 5.77. The average Bonchev–Trinajstić information content (AvgIpc) is 2.38. The molecule has 0 bridgehead atoms. The van der Waals surface area contributed by atoms with Gasteiger partial charge in [0, 0.05) is 34.3 Å². The van der Waals surface area contributed by atoms with E-state index in [1.165, 1.54) is 5.56 Å². The number of nitrogens with zero attached hydrogens (tertiary/aromatic N) is 1. The summed E-state index contributed by atoms with van der Waals surface area (Å²) in [4.78, 5) is 2.15. The molecule has 0 fully saturated rings. The van der Waals surface area contributed by atoms with Gasteiger partial charge in [0.15, 0.2) is 0 Å². The van der Waals surface area contributed by atoms with Gasteiger partial charge >= 0.3 is 0 Å². The van der Waals surface area contributed by atoms with Crippen LogP contribution in [0, 0.1) is 6.92 Å². The maximum Gasteiger partial charge on any atom is 0.0467 e. The molecule has 0 saturated carbocycles. The van der Waals surface area contributed by atoms with Gasteiger partial charge in [-0.3, -0.25) is 0 Å². The molecule has 0 aliphatic heterocycles. The second-order valence-corrected chi connectivity index (χ2v) is 5.23. The highest BCUT2D eigenvalue weighted by molar-refractivity contribution is 9.08. The van der Waals surface area contributed by atoms with Crippen molar-refractivity contribution < 1.29 is 0 Å². The van der Waals surface area contributed by atoms with Crippen LogP contribution in [0.2, 0.25) is 5.02 Å². The summed E-state index contributed by atoms with van der Waals surface area (Å²) in [5.74, 6) is 0. The van der Waals surface area contributed by atoms with Crippen LogP contribution in [-0.4, -0.2) is 7.05 Å². The fourth-order valence-electron chi connectivity index (χ4n) is 1.90. The summed E-state index contributed by atoms with van der Waals surface area (Å²) in [5, 5.41) is 1.54. The first kappa shape index (κ1) is 13.4. The zero-order valence-corrected chi connectivity index (χ0v) is 12.8. The van der Waals surface area contributed by atoms with E-state index in [1.54, 1.807) is 0 Å². The second kappa shape index (κ2) is 5.77. The van der Waals surface area contributed by atoms with Crippen molar-refractivity contribution in [1.82, 2.24) is 0 Å². The molecule has 0 unspecified atom stereocenters. The van der Waals surface area contributed by atoms with Crippen LogP contribution >= 0.6 is 27.5 Å². The fourth-order valence-corrected chi connectivity index (χ4v) is 2.89. The van der Waals surface area contributed by atoms with Crippen LogP contribution in [0.25, 0.3) is 0 Å². The van der Waals surface area contributed by atoms with E-state index in [0.717, 1.165) is 27.3 Å². The van der Waals surface area contributed by atoms with E-state index in [-0.39, 0.29) is 0 Å². The third kappa shape index (κ3) is 2.70. The molecule has 0 heterocycles. The van der Waals surface area contributed by atoms with Crippen molar-refractivity contribution >= 4 is 38.9 Å². The summed E-state index contributed by atoms with van der Waals surface area (Å²) in [6.07, 6.45) is 0. The van der Waals surface area contributed by atoms with Crippen LogP contribution in [0.15, 0.2) is 42.5 Å². The highest BCUT2D eigenvalue weighted by Crippen LogP contribution is 2.32. The number of aryl methyl sites for hydroxylation is 1. The molecule has 1 nitrogen and oxygen atoms in total. The van der Waals surface area contributed by atoms with E-state index in [4.69, 9.17) is 11.6 Å². The van der Waals surface area contributed by atoms with Crippen LogP contribution in [0.3, 0.4) is 0 Å². The lowest BCUT2D eigenvalue weighted by Gasteiger charge is -2.23. The molecule has 0 aliphatic carbocycles. The SMILES string of the molecule is Cc1ccc(N(C)c2cccc(Cl)c2CBr)cc1. The molecule has 2 aromatic carbocycles. The van der Waals surface area contributed by atoms with Crippen molar-refractivity contribution in [3.05, 3.63) is 58.6 Å². The Morgan fingerprint density at radius 3 is 2.39 bits per heavy atom. The van der Waals surface area contributed by atoms with Gasteiger partial charge in [-0.1, -0.05) is 51.3 Å². The standard InChI is InChI=1S/C15H15BrClN/c1-11-6-8-12(9-7-11)18(2)15-5-3-4-14(17)13(15)10-16/h3-9H,10H2,1-2H3. The summed E-state index contributed by atoms with van der Waals surface area (Å²) >= 11 is 9.73. The minimum absolute atomic E-state index is 0.748. The van der Waals surface area contributed by atoms with Crippen LogP contribution < -0.4 is 4.90 Å². The largest absolute Gasteiger partial charge is 0.344 e. The fraction of sp³-hybridized carbons (Fsp3) is 0.200. The number of halogens is 2. The van der Waals surface area contributed by atoms with Crippen molar-refractivity contribution in [2.24, 2.45) is 0 Å². The number of benzene rings is 2. The van der Waals surface area contributed by atoms with Crippen molar-refractivity contribution in [2.45, 2.75) is 12.3 Å². The lowest BCUT2D eigenvalue weighted by Crippen LogP contribution is -2.11. The molecule has 0 aliphatic rings. The Hall–Kier alpha value is -0.990. The van der Waals surface area contributed by atoms with E-state index in [2.05, 4.69) is 65.1 Å². The normalized spacial score (nSPS) is 10.4. The topological polar surface area (TPSA) is 3.24 Å². The molecule has 2 rings (SSSR count). The molecule has 0 radical (unpaired) electrons. The van der Waals surface area contributed by atoms with E-state index >= 15 is 0 Å². The highest BCUT2D eigenvalue weighted by Gasteiger charge is 2.11. The molecule has 0 aromatic heterocycles. The molecule has 0 spiro atoms. The van der Waals surface area contributed by atoms with E-state index in [0.29, 0.717) is 0 Å². The summed E-state index contributed by atoms with van der Waals surface area (Å²) < 4.78 is 0. The molecule has 3 heteroatoms. The Bertz CT molecular complexity index is 537. The van der Waals surface area contributed by atoms with Gasteiger partial charge in [0.2, 0.25) is 0 Å². The quantitative estimate of drug-likeness (QED) is 0.691. The van der Waals surface area contributed by atoms with Gasteiger partial charge in [0.05, 0.1) is 0 Å². The van der Waals surface area contributed by atoms with Gasteiger partial charge in [-0.15, -0.1) is 0 Å². The Balaban J connectivity index is 2.42. The first-order chi connectivity index (χ1) is 8.63. The summed E-state index contributed by atoms with van der Waals surface area (Å²) in [5.41, 5.74) is 4.66. The summed E-state index contributed by atoms with van der Waals surface area (Å²) in [7, 11) is 2.06. The summed E-state index contributed by atoms with van der Waals surface area (Å²) in [6, 6.07) is 14.5. The van der Waals surface area contributed by atoms with Crippen molar-refractivity contribution in [3.8, 4) is 0 Å². The van der Waals surface area contributed by atoms with Crippen molar-refractivity contribution in [2.75, 3.05) is 11.9 Å². The van der Waals surface area contributed by atoms with Gasteiger partial charge in [0.1, 0.15) is 0 Å². The van der Waals surface area contributed by atoms with Gasteiger partial charge < -0.3 is 4.90 Å². The molecular weight excluding hydrogens is 310 g/mol. The van der Waals surface area contributed by atoms with E-state index in [9.17, 15) is 0 Å². The predicted molar refractivity (Wildman–Crippen MR) is 83.3 cm³/mol. The number of rotatable bonds is 3. The van der Waals surface area contributed by atoms with E-state index in [1.807, 2.05) is 12.1 Å². The lowest BCUT2D eigenvalue weighted by molar-refractivity contribution is 1.18. The first-order valence-corrected chi connectivity index (χ1v) is 7.27. The lowest BCUT2D eigenvalue weighted by atomic mass is 10.1. The van der Waals surface area contributed by atoms with Crippen molar-refractivity contribution in [1.29, 1.82) is 0 Å². The minimum atomic E-state index is 0.748. The monoisotopic (exact) mass is 323 g/mol. The van der Waals surface area contributed by atoms with Crippen LogP contribution in [0.1, 0.15) is 11.1 Å². The van der Waals surface area contributed by atoms with Gasteiger partial charge in [-0.05, 0) is 31.2 Å².